The van der Waals surface area contributed by atoms with Crippen molar-refractivity contribution in [2.75, 3.05) is 6.54 Å². The average Bonchev–Trinajstić information content (AvgIpc) is 2.95. The van der Waals surface area contributed by atoms with Crippen molar-refractivity contribution >= 4 is 11.2 Å². The Hall–Kier alpha value is -1.93. The molecular formula is C15H23N5O3. The number of fused-ring (bicyclic) bond motifs is 1. The SMILES string of the molecule is CC(O)C1CCCCN1Cc1nc2c([nH]1)c(=O)n(C)c(=O)n2C. The molecule has 2 unspecified atom stereocenters. The standard InChI is InChI=1S/C15H23N5O3/c1-9(21)10-6-4-5-7-20(10)8-11-16-12-13(17-11)18(2)15(23)19(3)14(12)22/h9-10,21H,4-8H2,1-3H3,(H,16,17). The van der Waals surface area contributed by atoms with Gasteiger partial charge in [0, 0.05) is 20.1 Å². The van der Waals surface area contributed by atoms with Gasteiger partial charge in [0.25, 0.3) is 5.56 Å². The quantitative estimate of drug-likeness (QED) is 0.809. The zero-order chi connectivity index (χ0) is 16.7. The van der Waals surface area contributed by atoms with Crippen molar-refractivity contribution in [3.8, 4) is 0 Å². The van der Waals surface area contributed by atoms with E-state index in [9.17, 15) is 14.7 Å². The van der Waals surface area contributed by atoms with Gasteiger partial charge < -0.3 is 10.1 Å². The van der Waals surface area contributed by atoms with Gasteiger partial charge in [0.2, 0.25) is 0 Å². The number of nitrogens with one attached hydrogen (secondary N) is 1. The van der Waals surface area contributed by atoms with Gasteiger partial charge in [0.1, 0.15) is 11.3 Å². The molecule has 3 heterocycles. The molecule has 0 aromatic carbocycles. The number of hydrogen-bond acceptors (Lipinski definition) is 5. The van der Waals surface area contributed by atoms with E-state index in [1.807, 2.05) is 0 Å². The first kappa shape index (κ1) is 15.9. The zero-order valence-electron chi connectivity index (χ0n) is 13.7. The monoisotopic (exact) mass is 321 g/mol. The fraction of sp³-hybridized carbons (Fsp3) is 0.667. The van der Waals surface area contributed by atoms with E-state index in [4.69, 9.17) is 0 Å². The summed E-state index contributed by atoms with van der Waals surface area (Å²) in [6, 6.07) is 0.101. The van der Waals surface area contributed by atoms with E-state index < -0.39 is 6.10 Å². The summed E-state index contributed by atoms with van der Waals surface area (Å²) in [5.41, 5.74) is -0.0399. The van der Waals surface area contributed by atoms with Crippen LogP contribution in [0.15, 0.2) is 9.59 Å². The molecule has 3 rings (SSSR count). The molecule has 2 N–H and O–H groups in total. The van der Waals surface area contributed by atoms with Crippen LogP contribution in [0.5, 0.6) is 0 Å². The molecule has 8 heteroatoms. The fourth-order valence-corrected chi connectivity index (χ4v) is 3.40. The van der Waals surface area contributed by atoms with E-state index in [1.165, 1.54) is 11.6 Å². The smallest absolute Gasteiger partial charge is 0.332 e. The van der Waals surface area contributed by atoms with E-state index in [0.29, 0.717) is 23.5 Å². The molecule has 126 valence electrons. The minimum absolute atomic E-state index is 0.101. The van der Waals surface area contributed by atoms with Crippen molar-refractivity contribution in [1.29, 1.82) is 0 Å². The van der Waals surface area contributed by atoms with Crippen LogP contribution >= 0.6 is 0 Å². The lowest BCUT2D eigenvalue weighted by Gasteiger charge is -2.36. The summed E-state index contributed by atoms with van der Waals surface area (Å²) < 4.78 is 2.45. The molecule has 1 saturated heterocycles. The predicted octanol–water partition coefficient (Wildman–Crippen LogP) is -0.304. The second kappa shape index (κ2) is 5.93. The molecule has 1 aliphatic rings. The van der Waals surface area contributed by atoms with Crippen LogP contribution in [0.1, 0.15) is 32.0 Å². The number of nitrogens with zero attached hydrogens (tertiary/aromatic N) is 4. The third-order valence-corrected chi connectivity index (χ3v) is 4.72. The topological polar surface area (TPSA) is 96.2 Å². The number of imidazole rings is 1. The summed E-state index contributed by atoms with van der Waals surface area (Å²) in [4.78, 5) is 33.9. The second-order valence-electron chi connectivity index (χ2n) is 6.36. The summed E-state index contributed by atoms with van der Waals surface area (Å²) in [6.07, 6.45) is 2.75. The molecule has 0 aliphatic carbocycles. The van der Waals surface area contributed by atoms with Crippen molar-refractivity contribution in [2.45, 2.75) is 44.9 Å². The van der Waals surface area contributed by atoms with Crippen LogP contribution in [0.25, 0.3) is 11.2 Å². The fourth-order valence-electron chi connectivity index (χ4n) is 3.40. The average molecular weight is 321 g/mol. The van der Waals surface area contributed by atoms with Crippen LogP contribution in [-0.2, 0) is 20.6 Å². The zero-order valence-corrected chi connectivity index (χ0v) is 13.7. The molecule has 1 aliphatic heterocycles. The van der Waals surface area contributed by atoms with Crippen molar-refractivity contribution in [2.24, 2.45) is 14.1 Å². The molecule has 0 saturated carbocycles. The Morgan fingerprint density at radius 1 is 1.30 bits per heavy atom. The van der Waals surface area contributed by atoms with Crippen molar-refractivity contribution < 1.29 is 5.11 Å². The number of rotatable bonds is 3. The van der Waals surface area contributed by atoms with Crippen LogP contribution in [0.4, 0.5) is 0 Å². The number of aromatic amines is 1. The predicted molar refractivity (Wildman–Crippen MR) is 86.3 cm³/mol. The highest BCUT2D eigenvalue weighted by Gasteiger charge is 2.27. The molecule has 2 atom stereocenters. The number of aliphatic hydroxyl groups is 1. The Balaban J connectivity index is 1.98. The van der Waals surface area contributed by atoms with Crippen molar-refractivity contribution in [3.63, 3.8) is 0 Å². The number of piperidine rings is 1. The second-order valence-corrected chi connectivity index (χ2v) is 6.36. The Labute approximate surface area is 133 Å². The lowest BCUT2D eigenvalue weighted by atomic mass is 9.98. The highest BCUT2D eigenvalue weighted by Crippen LogP contribution is 2.21. The third-order valence-electron chi connectivity index (χ3n) is 4.72. The molecule has 0 radical (unpaired) electrons. The summed E-state index contributed by atoms with van der Waals surface area (Å²) in [7, 11) is 3.06. The number of aliphatic hydroxyl groups excluding tert-OH is 1. The Morgan fingerprint density at radius 3 is 2.74 bits per heavy atom. The van der Waals surface area contributed by atoms with Crippen molar-refractivity contribution in [3.05, 3.63) is 26.7 Å². The van der Waals surface area contributed by atoms with E-state index in [1.54, 1.807) is 14.0 Å². The highest BCUT2D eigenvalue weighted by atomic mass is 16.3. The number of likely N-dealkylation sites (tertiary alicyclic amines) is 1. The maximum absolute atomic E-state index is 12.2. The van der Waals surface area contributed by atoms with Gasteiger partial charge >= 0.3 is 5.69 Å². The minimum atomic E-state index is -0.406. The largest absolute Gasteiger partial charge is 0.392 e. The van der Waals surface area contributed by atoms with Gasteiger partial charge in [-0.2, -0.15) is 0 Å². The molecule has 0 spiro atoms. The van der Waals surface area contributed by atoms with Crippen LogP contribution in [0, 0.1) is 0 Å². The highest BCUT2D eigenvalue weighted by molar-refractivity contribution is 5.69. The molecular weight excluding hydrogens is 298 g/mol. The summed E-state index contributed by atoms with van der Waals surface area (Å²) >= 11 is 0. The first-order valence-corrected chi connectivity index (χ1v) is 7.97. The number of aryl methyl sites for hydroxylation is 1. The normalized spacial score (nSPS) is 21.0. The van der Waals surface area contributed by atoms with E-state index >= 15 is 0 Å². The van der Waals surface area contributed by atoms with Gasteiger partial charge in [0.05, 0.1) is 12.6 Å². The number of hydrogen-bond donors (Lipinski definition) is 2. The lowest BCUT2D eigenvalue weighted by Crippen LogP contribution is -2.45. The van der Waals surface area contributed by atoms with Crippen LogP contribution < -0.4 is 11.2 Å². The number of aromatic nitrogens is 4. The molecule has 23 heavy (non-hydrogen) atoms. The minimum Gasteiger partial charge on any atom is -0.392 e. The van der Waals surface area contributed by atoms with Gasteiger partial charge in [-0.25, -0.2) is 9.78 Å². The van der Waals surface area contributed by atoms with E-state index in [0.717, 1.165) is 30.4 Å². The van der Waals surface area contributed by atoms with Crippen LogP contribution in [0.3, 0.4) is 0 Å². The van der Waals surface area contributed by atoms with E-state index in [2.05, 4.69) is 14.9 Å². The lowest BCUT2D eigenvalue weighted by molar-refractivity contribution is 0.0304. The van der Waals surface area contributed by atoms with Gasteiger partial charge in [0.15, 0.2) is 5.65 Å². The van der Waals surface area contributed by atoms with Gasteiger partial charge in [-0.15, -0.1) is 0 Å². The van der Waals surface area contributed by atoms with Crippen LogP contribution in [-0.4, -0.2) is 47.8 Å². The molecule has 2 aromatic rings. The summed E-state index contributed by atoms with van der Waals surface area (Å²) in [5.74, 6) is 0.644. The van der Waals surface area contributed by atoms with E-state index in [-0.39, 0.29) is 17.3 Å². The molecule has 8 nitrogen and oxygen atoms in total. The van der Waals surface area contributed by atoms with Gasteiger partial charge in [-0.1, -0.05) is 6.42 Å². The Bertz CT molecular complexity index is 832. The maximum atomic E-state index is 12.2. The summed E-state index contributed by atoms with van der Waals surface area (Å²) in [6.45, 7) is 3.23. The Morgan fingerprint density at radius 2 is 2.04 bits per heavy atom. The summed E-state index contributed by atoms with van der Waals surface area (Å²) in [5, 5.41) is 9.96. The third kappa shape index (κ3) is 2.72. The maximum Gasteiger partial charge on any atom is 0.332 e. The molecule has 1 fully saturated rings. The molecule has 0 bridgehead atoms. The first-order chi connectivity index (χ1) is 10.9. The van der Waals surface area contributed by atoms with Crippen LogP contribution in [0.2, 0.25) is 0 Å². The molecule has 0 amide bonds. The first-order valence-electron chi connectivity index (χ1n) is 7.97. The molecule has 2 aromatic heterocycles. The van der Waals surface area contributed by atoms with Gasteiger partial charge in [-0.3, -0.25) is 18.8 Å². The van der Waals surface area contributed by atoms with Gasteiger partial charge in [-0.05, 0) is 26.3 Å². The number of H-pyrrole nitrogens is 1. The van der Waals surface area contributed by atoms with Crippen molar-refractivity contribution in [1.82, 2.24) is 24.0 Å². The Kier molecular flexibility index (Phi) is 4.11.